The summed E-state index contributed by atoms with van der Waals surface area (Å²) in [4.78, 5) is 22.5. The predicted octanol–water partition coefficient (Wildman–Crippen LogP) is 3.30. The maximum atomic E-state index is 12.5. The van der Waals surface area contributed by atoms with Gasteiger partial charge in [-0.3, -0.25) is 4.79 Å². The van der Waals surface area contributed by atoms with Gasteiger partial charge < -0.3 is 10.4 Å². The lowest BCUT2D eigenvalue weighted by Gasteiger charge is -2.15. The lowest BCUT2D eigenvalue weighted by molar-refractivity contribution is -0.137. The maximum Gasteiger partial charge on any atom is 0.416 e. The lowest BCUT2D eigenvalue weighted by atomic mass is 10.1. The van der Waals surface area contributed by atoms with Crippen LogP contribution in [-0.4, -0.2) is 17.0 Å². The SMILES string of the molecule is C/C=C(/CC(=O)NC(C)c1ccc(C(F)(F)F)cc1)C(=O)O. The van der Waals surface area contributed by atoms with Crippen LogP contribution in [0.4, 0.5) is 13.2 Å². The third-order valence-electron chi connectivity index (χ3n) is 3.09. The Balaban J connectivity index is 2.71. The number of carbonyl (C=O) groups excluding carboxylic acids is 1. The number of allylic oxidation sites excluding steroid dienone is 1. The molecule has 1 unspecified atom stereocenters. The molecule has 7 heteroatoms. The number of halogens is 3. The minimum atomic E-state index is -4.41. The van der Waals surface area contributed by atoms with Crippen LogP contribution in [0.1, 0.15) is 37.4 Å². The fourth-order valence-corrected chi connectivity index (χ4v) is 1.81. The first-order valence-electron chi connectivity index (χ1n) is 6.50. The van der Waals surface area contributed by atoms with Crippen LogP contribution in [0.5, 0.6) is 0 Å². The van der Waals surface area contributed by atoms with Crippen molar-refractivity contribution in [2.75, 3.05) is 0 Å². The second-order valence-electron chi connectivity index (χ2n) is 4.70. The van der Waals surface area contributed by atoms with E-state index in [1.165, 1.54) is 25.1 Å². The maximum absolute atomic E-state index is 12.5. The van der Waals surface area contributed by atoms with Gasteiger partial charge in [-0.1, -0.05) is 18.2 Å². The zero-order chi connectivity index (χ0) is 16.9. The molecule has 0 aliphatic carbocycles. The van der Waals surface area contributed by atoms with Gasteiger partial charge in [0.15, 0.2) is 0 Å². The van der Waals surface area contributed by atoms with Crippen molar-refractivity contribution in [2.24, 2.45) is 0 Å². The Morgan fingerprint density at radius 2 is 1.82 bits per heavy atom. The molecule has 4 nitrogen and oxygen atoms in total. The molecule has 22 heavy (non-hydrogen) atoms. The Morgan fingerprint density at radius 1 is 1.27 bits per heavy atom. The van der Waals surface area contributed by atoms with Crippen molar-refractivity contribution < 1.29 is 27.9 Å². The molecule has 0 saturated heterocycles. The molecule has 0 spiro atoms. The molecule has 2 N–H and O–H groups in total. The highest BCUT2D eigenvalue weighted by Gasteiger charge is 2.30. The number of carboxylic acid groups (broad SMARTS) is 1. The monoisotopic (exact) mass is 315 g/mol. The van der Waals surface area contributed by atoms with E-state index in [1.54, 1.807) is 6.92 Å². The average Bonchev–Trinajstić information content (AvgIpc) is 2.43. The Morgan fingerprint density at radius 3 is 2.23 bits per heavy atom. The minimum Gasteiger partial charge on any atom is -0.478 e. The Labute approximate surface area is 125 Å². The summed E-state index contributed by atoms with van der Waals surface area (Å²) in [5, 5.41) is 11.4. The van der Waals surface area contributed by atoms with Crippen LogP contribution >= 0.6 is 0 Å². The van der Waals surface area contributed by atoms with Gasteiger partial charge in [-0.15, -0.1) is 0 Å². The highest BCUT2D eigenvalue weighted by molar-refractivity contribution is 5.94. The van der Waals surface area contributed by atoms with E-state index in [-0.39, 0.29) is 12.0 Å². The predicted molar refractivity (Wildman–Crippen MR) is 74.0 cm³/mol. The highest BCUT2D eigenvalue weighted by atomic mass is 19.4. The minimum absolute atomic E-state index is 0.0443. The number of rotatable bonds is 5. The van der Waals surface area contributed by atoms with Gasteiger partial charge in [0.1, 0.15) is 0 Å². The largest absolute Gasteiger partial charge is 0.478 e. The molecule has 0 radical (unpaired) electrons. The van der Waals surface area contributed by atoms with Gasteiger partial charge in [-0.25, -0.2) is 4.79 Å². The number of carbonyl (C=O) groups is 2. The van der Waals surface area contributed by atoms with Gasteiger partial charge in [0, 0.05) is 5.57 Å². The molecule has 1 rings (SSSR count). The zero-order valence-electron chi connectivity index (χ0n) is 12.1. The molecular weight excluding hydrogens is 299 g/mol. The summed E-state index contributed by atoms with van der Waals surface area (Å²) >= 11 is 0. The molecule has 1 aromatic rings. The van der Waals surface area contributed by atoms with Crippen molar-refractivity contribution in [1.29, 1.82) is 0 Å². The van der Waals surface area contributed by atoms with Crippen molar-refractivity contribution in [2.45, 2.75) is 32.5 Å². The van der Waals surface area contributed by atoms with Crippen LogP contribution in [0.3, 0.4) is 0 Å². The van der Waals surface area contributed by atoms with Crippen molar-refractivity contribution >= 4 is 11.9 Å². The smallest absolute Gasteiger partial charge is 0.416 e. The van der Waals surface area contributed by atoms with E-state index >= 15 is 0 Å². The molecule has 1 aromatic carbocycles. The van der Waals surface area contributed by atoms with E-state index in [4.69, 9.17) is 5.11 Å². The van der Waals surface area contributed by atoms with Crippen LogP contribution < -0.4 is 5.32 Å². The average molecular weight is 315 g/mol. The topological polar surface area (TPSA) is 66.4 Å². The number of benzene rings is 1. The molecule has 1 atom stereocenters. The molecular formula is C15H16F3NO3. The summed E-state index contributed by atoms with van der Waals surface area (Å²) in [6.45, 7) is 3.12. The number of nitrogens with one attached hydrogen (secondary N) is 1. The van der Waals surface area contributed by atoms with E-state index in [9.17, 15) is 22.8 Å². The van der Waals surface area contributed by atoms with Crippen LogP contribution in [0.15, 0.2) is 35.9 Å². The Hall–Kier alpha value is -2.31. The molecule has 0 aliphatic heterocycles. The summed E-state index contributed by atoms with van der Waals surface area (Å²) in [7, 11) is 0. The first kappa shape index (κ1) is 17.7. The van der Waals surface area contributed by atoms with E-state index in [0.717, 1.165) is 12.1 Å². The molecule has 0 aromatic heterocycles. The van der Waals surface area contributed by atoms with Crippen LogP contribution in [-0.2, 0) is 15.8 Å². The molecule has 1 amide bonds. The van der Waals surface area contributed by atoms with E-state index < -0.39 is 29.7 Å². The highest BCUT2D eigenvalue weighted by Crippen LogP contribution is 2.29. The molecule has 0 heterocycles. The lowest BCUT2D eigenvalue weighted by Crippen LogP contribution is -2.27. The second kappa shape index (κ2) is 7.11. The summed E-state index contributed by atoms with van der Waals surface area (Å²) in [6, 6.07) is 3.91. The van der Waals surface area contributed by atoms with Crippen LogP contribution in [0.2, 0.25) is 0 Å². The standard InChI is InChI=1S/C15H16F3NO3/c1-3-10(14(21)22)8-13(20)19-9(2)11-4-6-12(7-5-11)15(16,17)18/h3-7,9H,8H2,1-2H3,(H,19,20)(H,21,22)/b10-3-. The van der Waals surface area contributed by atoms with Gasteiger partial charge in [0.05, 0.1) is 18.0 Å². The van der Waals surface area contributed by atoms with Crippen LogP contribution in [0, 0.1) is 0 Å². The first-order valence-corrected chi connectivity index (χ1v) is 6.50. The normalized spacial score (nSPS) is 13.6. The fourth-order valence-electron chi connectivity index (χ4n) is 1.81. The molecule has 0 fully saturated rings. The Kier molecular flexibility index (Phi) is 5.73. The number of aliphatic carboxylic acids is 1. The van der Waals surface area contributed by atoms with Gasteiger partial charge in [0.2, 0.25) is 5.91 Å². The number of hydrogen-bond acceptors (Lipinski definition) is 2. The molecule has 0 aliphatic rings. The van der Waals surface area contributed by atoms with Crippen molar-refractivity contribution in [3.63, 3.8) is 0 Å². The van der Waals surface area contributed by atoms with Crippen molar-refractivity contribution in [1.82, 2.24) is 5.32 Å². The van der Waals surface area contributed by atoms with Gasteiger partial charge in [-0.05, 0) is 31.5 Å². The third-order valence-corrected chi connectivity index (χ3v) is 3.09. The summed E-state index contributed by atoms with van der Waals surface area (Å²) in [5.41, 5.74) is -0.312. The van der Waals surface area contributed by atoms with Crippen molar-refractivity contribution in [3.05, 3.63) is 47.0 Å². The summed E-state index contributed by atoms with van der Waals surface area (Å²) in [5.74, 6) is -1.69. The molecule has 0 saturated carbocycles. The number of hydrogen-bond donors (Lipinski definition) is 2. The van der Waals surface area contributed by atoms with Gasteiger partial charge in [-0.2, -0.15) is 13.2 Å². The second-order valence-corrected chi connectivity index (χ2v) is 4.70. The number of alkyl halides is 3. The van der Waals surface area contributed by atoms with E-state index in [0.29, 0.717) is 5.56 Å². The van der Waals surface area contributed by atoms with Gasteiger partial charge >= 0.3 is 12.1 Å². The zero-order valence-corrected chi connectivity index (χ0v) is 12.1. The summed E-state index contributed by atoms with van der Waals surface area (Å²) in [6.07, 6.45) is -3.38. The number of carboxylic acids is 1. The van der Waals surface area contributed by atoms with E-state index in [2.05, 4.69) is 5.32 Å². The fraction of sp³-hybridized carbons (Fsp3) is 0.333. The quantitative estimate of drug-likeness (QED) is 0.819. The third kappa shape index (κ3) is 4.91. The summed E-state index contributed by atoms with van der Waals surface area (Å²) < 4.78 is 37.4. The first-order chi connectivity index (χ1) is 10.1. The Bertz CT molecular complexity index is 577. The van der Waals surface area contributed by atoms with Crippen molar-refractivity contribution in [3.8, 4) is 0 Å². The molecule has 120 valence electrons. The number of amides is 1. The van der Waals surface area contributed by atoms with Gasteiger partial charge in [0.25, 0.3) is 0 Å². The molecule has 0 bridgehead atoms. The van der Waals surface area contributed by atoms with Crippen LogP contribution in [0.25, 0.3) is 0 Å². The van der Waals surface area contributed by atoms with E-state index in [1.807, 2.05) is 0 Å².